The van der Waals surface area contributed by atoms with Gasteiger partial charge in [-0.05, 0) is 36.1 Å². The van der Waals surface area contributed by atoms with Gasteiger partial charge in [0.05, 0.1) is 11.5 Å². The highest BCUT2D eigenvalue weighted by molar-refractivity contribution is 14.0. The molecular formula is C20H27IN4O4. The van der Waals surface area contributed by atoms with E-state index in [9.17, 15) is 15.2 Å². The van der Waals surface area contributed by atoms with Crippen molar-refractivity contribution in [1.82, 2.24) is 0 Å². The highest BCUT2D eigenvalue weighted by atomic mass is 127. The second-order valence-corrected chi connectivity index (χ2v) is 6.23. The van der Waals surface area contributed by atoms with Gasteiger partial charge in [0.1, 0.15) is 18.5 Å². The standard InChI is InChI=1S/C20H26N4O4.HI/c1-3-14-6-5-7-15(4-2)19(14)23-20(21)22-12-17(25)13-28-18-10-8-16(9-11-18)24(26)27;/h5-11,17,25H,3-4,12-13H2,1-2H3,(H3,21,22,23);1H. The van der Waals surface area contributed by atoms with E-state index in [1.807, 2.05) is 18.2 Å². The van der Waals surface area contributed by atoms with Crippen LogP contribution in [-0.4, -0.2) is 35.2 Å². The monoisotopic (exact) mass is 514 g/mol. The first-order chi connectivity index (χ1) is 13.4. The number of aryl methyl sites for hydroxylation is 2. The predicted molar refractivity (Wildman–Crippen MR) is 125 cm³/mol. The molecule has 0 aliphatic rings. The largest absolute Gasteiger partial charge is 0.491 e. The van der Waals surface area contributed by atoms with Crippen LogP contribution in [0.3, 0.4) is 0 Å². The summed E-state index contributed by atoms with van der Waals surface area (Å²) in [6.45, 7) is 4.22. The van der Waals surface area contributed by atoms with Crippen LogP contribution in [0, 0.1) is 10.1 Å². The molecule has 0 aliphatic heterocycles. The van der Waals surface area contributed by atoms with Crippen molar-refractivity contribution >= 4 is 41.3 Å². The highest BCUT2D eigenvalue weighted by Crippen LogP contribution is 2.22. The van der Waals surface area contributed by atoms with Crippen LogP contribution in [0.25, 0.3) is 0 Å². The molecule has 2 aromatic carbocycles. The van der Waals surface area contributed by atoms with E-state index in [1.165, 1.54) is 24.3 Å². The predicted octanol–water partition coefficient (Wildman–Crippen LogP) is 3.50. The van der Waals surface area contributed by atoms with E-state index in [0.717, 1.165) is 29.7 Å². The number of nitro benzene ring substituents is 1. The number of hydrogen-bond acceptors (Lipinski definition) is 5. The number of aliphatic hydroxyl groups is 1. The van der Waals surface area contributed by atoms with Crippen molar-refractivity contribution in [3.63, 3.8) is 0 Å². The zero-order valence-electron chi connectivity index (χ0n) is 16.5. The Morgan fingerprint density at radius 2 is 1.79 bits per heavy atom. The molecule has 29 heavy (non-hydrogen) atoms. The van der Waals surface area contributed by atoms with Crippen molar-refractivity contribution in [3.05, 3.63) is 63.7 Å². The lowest BCUT2D eigenvalue weighted by Gasteiger charge is -2.15. The molecule has 158 valence electrons. The third-order valence-electron chi connectivity index (χ3n) is 4.21. The third-order valence-corrected chi connectivity index (χ3v) is 4.21. The van der Waals surface area contributed by atoms with Gasteiger partial charge in [-0.1, -0.05) is 32.0 Å². The van der Waals surface area contributed by atoms with Gasteiger partial charge in [-0.3, -0.25) is 15.1 Å². The molecule has 0 amide bonds. The van der Waals surface area contributed by atoms with Crippen molar-refractivity contribution in [2.75, 3.05) is 18.5 Å². The molecule has 0 saturated carbocycles. The number of non-ortho nitro benzene ring substituents is 1. The lowest BCUT2D eigenvalue weighted by atomic mass is 10.0. The van der Waals surface area contributed by atoms with Gasteiger partial charge >= 0.3 is 0 Å². The zero-order chi connectivity index (χ0) is 20.5. The summed E-state index contributed by atoms with van der Waals surface area (Å²) in [5, 5.41) is 23.8. The van der Waals surface area contributed by atoms with Gasteiger partial charge in [0.2, 0.25) is 0 Å². The molecule has 0 spiro atoms. The van der Waals surface area contributed by atoms with Gasteiger partial charge in [0.25, 0.3) is 5.69 Å². The van der Waals surface area contributed by atoms with E-state index in [1.54, 1.807) is 0 Å². The Labute approximate surface area is 187 Å². The first kappa shape index (κ1) is 24.6. The number of aliphatic hydroxyl groups excluding tert-OH is 1. The van der Waals surface area contributed by atoms with E-state index >= 15 is 0 Å². The van der Waals surface area contributed by atoms with Gasteiger partial charge in [0.15, 0.2) is 5.96 Å². The van der Waals surface area contributed by atoms with Gasteiger partial charge < -0.3 is 20.9 Å². The quantitative estimate of drug-likeness (QED) is 0.155. The maximum atomic E-state index is 10.6. The molecule has 0 radical (unpaired) electrons. The van der Waals surface area contributed by atoms with Gasteiger partial charge in [-0.2, -0.15) is 0 Å². The fourth-order valence-electron chi connectivity index (χ4n) is 2.68. The highest BCUT2D eigenvalue weighted by Gasteiger charge is 2.10. The van der Waals surface area contributed by atoms with E-state index in [0.29, 0.717) is 5.75 Å². The number of rotatable bonds is 9. The van der Waals surface area contributed by atoms with Crippen molar-refractivity contribution in [2.24, 2.45) is 10.7 Å². The average Bonchev–Trinajstić information content (AvgIpc) is 2.71. The smallest absolute Gasteiger partial charge is 0.269 e. The summed E-state index contributed by atoms with van der Waals surface area (Å²) in [5.41, 5.74) is 9.23. The number of anilines is 1. The molecule has 0 fully saturated rings. The topological polar surface area (TPSA) is 123 Å². The third kappa shape index (κ3) is 7.50. The summed E-state index contributed by atoms with van der Waals surface area (Å²) in [4.78, 5) is 14.3. The van der Waals surface area contributed by atoms with Crippen LogP contribution < -0.4 is 15.8 Å². The van der Waals surface area contributed by atoms with Crippen LogP contribution in [0.1, 0.15) is 25.0 Å². The molecule has 0 aromatic heterocycles. The van der Waals surface area contributed by atoms with E-state index < -0.39 is 11.0 Å². The normalized spacial score (nSPS) is 12.0. The van der Waals surface area contributed by atoms with Crippen LogP contribution in [0.4, 0.5) is 11.4 Å². The van der Waals surface area contributed by atoms with E-state index in [2.05, 4.69) is 24.2 Å². The molecule has 9 heteroatoms. The molecule has 0 heterocycles. The number of nitrogens with zero attached hydrogens (tertiary/aromatic N) is 2. The molecule has 8 nitrogen and oxygen atoms in total. The minimum Gasteiger partial charge on any atom is -0.491 e. The Bertz CT molecular complexity index is 805. The summed E-state index contributed by atoms with van der Waals surface area (Å²) in [6.07, 6.45) is 0.882. The van der Waals surface area contributed by atoms with Crippen LogP contribution in [0.15, 0.2) is 47.5 Å². The van der Waals surface area contributed by atoms with Crippen LogP contribution in [0.5, 0.6) is 5.75 Å². The van der Waals surface area contributed by atoms with Crippen molar-refractivity contribution < 1.29 is 14.8 Å². The number of aliphatic imine (C=N–C) groups is 1. The summed E-state index contributed by atoms with van der Waals surface area (Å²) < 4.78 is 5.42. The lowest BCUT2D eigenvalue weighted by molar-refractivity contribution is -0.384. The van der Waals surface area contributed by atoms with Gasteiger partial charge in [-0.15, -0.1) is 24.0 Å². The zero-order valence-corrected chi connectivity index (χ0v) is 18.8. The van der Waals surface area contributed by atoms with Crippen molar-refractivity contribution in [3.8, 4) is 5.75 Å². The summed E-state index contributed by atoms with van der Waals surface area (Å²) in [5.74, 6) is 0.661. The fourth-order valence-corrected chi connectivity index (χ4v) is 2.68. The number of ether oxygens (including phenoxy) is 1. The number of guanidine groups is 1. The minimum absolute atomic E-state index is 0. The second-order valence-electron chi connectivity index (χ2n) is 6.23. The Balaban J connectivity index is 0.00000420. The molecule has 0 saturated heterocycles. The van der Waals surface area contributed by atoms with Gasteiger partial charge in [-0.25, -0.2) is 0 Å². The number of para-hydroxylation sites is 1. The molecular weight excluding hydrogens is 487 g/mol. The van der Waals surface area contributed by atoms with Crippen LogP contribution >= 0.6 is 24.0 Å². The number of nitrogens with one attached hydrogen (secondary N) is 1. The van der Waals surface area contributed by atoms with Crippen molar-refractivity contribution in [1.29, 1.82) is 0 Å². The first-order valence-corrected chi connectivity index (χ1v) is 9.17. The van der Waals surface area contributed by atoms with Crippen molar-refractivity contribution in [2.45, 2.75) is 32.8 Å². The van der Waals surface area contributed by atoms with E-state index in [-0.39, 0.29) is 48.8 Å². The molecule has 2 rings (SSSR count). The Morgan fingerprint density at radius 1 is 1.21 bits per heavy atom. The Morgan fingerprint density at radius 3 is 2.31 bits per heavy atom. The second kappa shape index (κ2) is 12.2. The molecule has 4 N–H and O–H groups in total. The number of nitrogens with two attached hydrogens (primary N) is 1. The lowest BCUT2D eigenvalue weighted by Crippen LogP contribution is -2.28. The molecule has 0 aliphatic carbocycles. The summed E-state index contributed by atoms with van der Waals surface area (Å²) in [6, 6.07) is 11.8. The number of benzene rings is 2. The molecule has 0 bridgehead atoms. The molecule has 1 unspecified atom stereocenters. The number of hydrogen-bond donors (Lipinski definition) is 3. The average molecular weight is 514 g/mol. The fraction of sp³-hybridized carbons (Fsp3) is 0.350. The van der Waals surface area contributed by atoms with Crippen LogP contribution in [0.2, 0.25) is 0 Å². The van der Waals surface area contributed by atoms with Gasteiger partial charge in [0, 0.05) is 17.8 Å². The summed E-state index contributed by atoms with van der Waals surface area (Å²) in [7, 11) is 0. The van der Waals surface area contributed by atoms with Crippen LogP contribution in [-0.2, 0) is 12.8 Å². The Hall–Kier alpha value is -2.40. The first-order valence-electron chi connectivity index (χ1n) is 9.17. The maximum absolute atomic E-state index is 10.6. The Kier molecular flexibility index (Phi) is 10.4. The number of halogens is 1. The molecule has 1 atom stereocenters. The maximum Gasteiger partial charge on any atom is 0.269 e. The SMILES string of the molecule is CCc1cccc(CC)c1NC(N)=NCC(O)COc1ccc([N+](=O)[O-])cc1.I. The number of nitro groups is 1. The van der Waals surface area contributed by atoms with E-state index in [4.69, 9.17) is 10.5 Å². The molecule has 2 aromatic rings. The minimum atomic E-state index is -0.859. The summed E-state index contributed by atoms with van der Waals surface area (Å²) >= 11 is 0.